The van der Waals surface area contributed by atoms with Gasteiger partial charge < -0.3 is 14.6 Å². The van der Waals surface area contributed by atoms with Gasteiger partial charge in [-0.05, 0) is 56.3 Å². The average molecular weight is 575 g/mol. The number of nitrogens with one attached hydrogen (secondary N) is 1. The molecule has 1 N–H and O–H groups in total. The number of thiophene rings is 1. The molecule has 1 aliphatic rings. The molecule has 1 saturated heterocycles. The summed E-state index contributed by atoms with van der Waals surface area (Å²) in [5.41, 5.74) is 2.38. The monoisotopic (exact) mass is 574 g/mol. The van der Waals surface area contributed by atoms with Crippen LogP contribution in [0.1, 0.15) is 17.7 Å². The Kier molecular flexibility index (Phi) is 6.74. The lowest BCUT2D eigenvalue weighted by molar-refractivity contribution is 0.247. The molecule has 1 aromatic carbocycles. The van der Waals surface area contributed by atoms with Crippen LogP contribution >= 0.6 is 22.9 Å². The number of nitriles is 1. The summed E-state index contributed by atoms with van der Waals surface area (Å²) in [6.07, 6.45) is 5.39. The number of halogens is 1. The van der Waals surface area contributed by atoms with Crippen molar-refractivity contribution in [1.29, 1.82) is 5.26 Å². The second kappa shape index (κ2) is 10.2. The van der Waals surface area contributed by atoms with E-state index < -0.39 is 16.7 Å². The van der Waals surface area contributed by atoms with Crippen molar-refractivity contribution >= 4 is 44.1 Å². The molecule has 11 heteroatoms. The molecule has 0 aliphatic carbocycles. The SMILES string of the molecule is COc1cc(=O)n(Cc2cc3nccc(-c4cc(Cl)cc5ccn(CC6(C#N)CCNCC6)c45)c3s2)c(=O)n1C. The van der Waals surface area contributed by atoms with E-state index >= 15 is 0 Å². The van der Waals surface area contributed by atoms with E-state index in [4.69, 9.17) is 16.3 Å². The third-order valence-electron chi connectivity index (χ3n) is 7.73. The standard InChI is InChI=1S/C29H27ClN6O3S/c1-34-25(39-2)14-24(37)36(28(34)38)15-20-13-23-27(40-20)21(3-7-33-23)22-12-19(30)11-18-4-10-35(26(18)22)17-29(16-31)5-8-32-9-6-29/h3-4,7,10-14,32H,5-6,8-9,15,17H2,1-2H3. The van der Waals surface area contributed by atoms with E-state index in [1.54, 1.807) is 13.2 Å². The van der Waals surface area contributed by atoms with Crippen molar-refractivity contribution in [3.05, 3.63) is 79.5 Å². The molecule has 5 heterocycles. The van der Waals surface area contributed by atoms with E-state index in [0.717, 1.165) is 63.1 Å². The largest absolute Gasteiger partial charge is 0.482 e. The van der Waals surface area contributed by atoms with Gasteiger partial charge in [-0.2, -0.15) is 5.26 Å². The number of aromatic nitrogens is 4. The van der Waals surface area contributed by atoms with Crippen molar-refractivity contribution < 1.29 is 4.74 Å². The minimum Gasteiger partial charge on any atom is -0.482 e. The Morgan fingerprint density at radius 1 is 1.18 bits per heavy atom. The predicted octanol–water partition coefficient (Wildman–Crippen LogP) is 4.38. The van der Waals surface area contributed by atoms with Crippen LogP contribution < -0.4 is 21.3 Å². The van der Waals surface area contributed by atoms with Gasteiger partial charge in [-0.15, -0.1) is 11.3 Å². The van der Waals surface area contributed by atoms with Gasteiger partial charge in [0.1, 0.15) is 0 Å². The third-order valence-corrected chi connectivity index (χ3v) is 9.09. The molecule has 40 heavy (non-hydrogen) atoms. The van der Waals surface area contributed by atoms with Gasteiger partial charge >= 0.3 is 5.69 Å². The van der Waals surface area contributed by atoms with Crippen LogP contribution in [-0.2, 0) is 20.1 Å². The van der Waals surface area contributed by atoms with E-state index in [1.165, 1.54) is 33.6 Å². The molecule has 0 saturated carbocycles. The van der Waals surface area contributed by atoms with Crippen LogP contribution in [0.3, 0.4) is 0 Å². The van der Waals surface area contributed by atoms with Gasteiger partial charge in [0.25, 0.3) is 5.56 Å². The zero-order chi connectivity index (χ0) is 28.0. The number of benzene rings is 1. The Labute approximate surface area is 238 Å². The van der Waals surface area contributed by atoms with Crippen LogP contribution in [0.15, 0.2) is 58.4 Å². The molecule has 6 rings (SSSR count). The maximum Gasteiger partial charge on any atom is 0.333 e. The van der Waals surface area contributed by atoms with Crippen LogP contribution in [-0.4, -0.2) is 38.9 Å². The van der Waals surface area contributed by atoms with E-state index in [0.29, 0.717) is 11.6 Å². The summed E-state index contributed by atoms with van der Waals surface area (Å²) in [5.74, 6) is 0.210. The number of fused-ring (bicyclic) bond motifs is 2. The number of hydrogen-bond donors (Lipinski definition) is 1. The first-order valence-corrected chi connectivity index (χ1v) is 14.1. The highest BCUT2D eigenvalue weighted by molar-refractivity contribution is 7.19. The summed E-state index contributed by atoms with van der Waals surface area (Å²) in [6, 6.07) is 13.8. The van der Waals surface area contributed by atoms with Crippen molar-refractivity contribution in [2.45, 2.75) is 25.9 Å². The molecule has 0 amide bonds. The average Bonchev–Trinajstić information content (AvgIpc) is 3.56. The summed E-state index contributed by atoms with van der Waals surface area (Å²) in [4.78, 5) is 31.0. The Balaban J connectivity index is 1.46. The van der Waals surface area contributed by atoms with E-state index in [-0.39, 0.29) is 12.4 Å². The second-order valence-corrected chi connectivity index (χ2v) is 11.8. The van der Waals surface area contributed by atoms with Gasteiger partial charge in [-0.25, -0.2) is 4.79 Å². The fourth-order valence-electron chi connectivity index (χ4n) is 5.61. The maximum atomic E-state index is 12.9. The summed E-state index contributed by atoms with van der Waals surface area (Å²) in [6.45, 7) is 2.37. The zero-order valence-electron chi connectivity index (χ0n) is 22.1. The van der Waals surface area contributed by atoms with E-state index in [9.17, 15) is 14.9 Å². The highest BCUT2D eigenvalue weighted by atomic mass is 35.5. The first-order chi connectivity index (χ1) is 19.3. The molecule has 5 aromatic rings. The number of pyridine rings is 1. The molecule has 9 nitrogen and oxygen atoms in total. The number of ether oxygens (including phenoxy) is 1. The first-order valence-electron chi connectivity index (χ1n) is 13.0. The van der Waals surface area contributed by atoms with Crippen molar-refractivity contribution in [3.8, 4) is 23.1 Å². The number of hydrogen-bond acceptors (Lipinski definition) is 7. The molecule has 0 atom stereocenters. The lowest BCUT2D eigenvalue weighted by Gasteiger charge is -2.32. The number of methoxy groups -OCH3 is 1. The van der Waals surface area contributed by atoms with Gasteiger partial charge in [0.2, 0.25) is 5.88 Å². The summed E-state index contributed by atoms with van der Waals surface area (Å²) in [5, 5.41) is 15.1. The number of rotatable bonds is 6. The Morgan fingerprint density at radius 2 is 1.98 bits per heavy atom. The van der Waals surface area contributed by atoms with E-state index in [2.05, 4.69) is 20.9 Å². The molecule has 4 aromatic heterocycles. The highest BCUT2D eigenvalue weighted by Gasteiger charge is 2.33. The summed E-state index contributed by atoms with van der Waals surface area (Å²) in [7, 11) is 2.99. The molecule has 204 valence electrons. The third kappa shape index (κ3) is 4.50. The predicted molar refractivity (Wildman–Crippen MR) is 157 cm³/mol. The topological polar surface area (TPSA) is 107 Å². The van der Waals surface area contributed by atoms with Crippen molar-refractivity contribution in [2.75, 3.05) is 20.2 Å². The Hall–Kier alpha value is -3.91. The molecule has 0 spiro atoms. The van der Waals surface area contributed by atoms with Crippen LogP contribution in [0.4, 0.5) is 0 Å². The first kappa shape index (κ1) is 26.3. The summed E-state index contributed by atoms with van der Waals surface area (Å²) >= 11 is 8.09. The molecule has 0 unspecified atom stereocenters. The molecule has 1 fully saturated rings. The number of piperidine rings is 1. The fourth-order valence-corrected chi connectivity index (χ4v) is 6.97. The van der Waals surface area contributed by atoms with Gasteiger partial charge in [-0.3, -0.25) is 18.9 Å². The minimum atomic E-state index is -0.450. The van der Waals surface area contributed by atoms with Gasteiger partial charge in [-0.1, -0.05) is 11.6 Å². The van der Waals surface area contributed by atoms with Gasteiger partial charge in [0.15, 0.2) is 0 Å². The molecule has 0 radical (unpaired) electrons. The Bertz CT molecular complexity index is 1920. The molecular weight excluding hydrogens is 548 g/mol. The fraction of sp³-hybridized carbons (Fsp3) is 0.310. The lowest BCUT2D eigenvalue weighted by Crippen LogP contribution is -2.38. The second-order valence-electron chi connectivity index (χ2n) is 10.2. The van der Waals surface area contributed by atoms with Crippen molar-refractivity contribution in [3.63, 3.8) is 0 Å². The smallest absolute Gasteiger partial charge is 0.333 e. The molecular formula is C29H27ClN6O3S. The zero-order valence-corrected chi connectivity index (χ0v) is 23.7. The van der Waals surface area contributed by atoms with Crippen LogP contribution in [0.5, 0.6) is 5.88 Å². The van der Waals surface area contributed by atoms with Crippen molar-refractivity contribution in [1.82, 2.24) is 24.0 Å². The lowest BCUT2D eigenvalue weighted by atomic mass is 9.80. The van der Waals surface area contributed by atoms with Crippen molar-refractivity contribution in [2.24, 2.45) is 12.5 Å². The van der Waals surface area contributed by atoms with Crippen LogP contribution in [0.2, 0.25) is 5.02 Å². The number of nitrogens with zero attached hydrogens (tertiary/aromatic N) is 5. The molecule has 0 bridgehead atoms. The maximum absolute atomic E-state index is 12.9. The normalized spacial score (nSPS) is 14.9. The van der Waals surface area contributed by atoms with Crippen LogP contribution in [0, 0.1) is 16.7 Å². The Morgan fingerprint density at radius 3 is 2.73 bits per heavy atom. The molecule has 1 aliphatic heterocycles. The van der Waals surface area contributed by atoms with Gasteiger partial charge in [0, 0.05) is 52.4 Å². The minimum absolute atomic E-state index is 0.121. The van der Waals surface area contributed by atoms with Crippen LogP contribution in [0.25, 0.3) is 32.2 Å². The quantitative estimate of drug-likeness (QED) is 0.322. The summed E-state index contributed by atoms with van der Waals surface area (Å²) < 4.78 is 10.8. The van der Waals surface area contributed by atoms with E-state index in [1.807, 2.05) is 36.5 Å². The van der Waals surface area contributed by atoms with Gasteiger partial charge in [0.05, 0.1) is 46.9 Å². The highest BCUT2D eigenvalue weighted by Crippen LogP contribution is 2.40.